The average Bonchev–Trinajstić information content (AvgIpc) is 2.57. The normalized spacial score (nSPS) is 21.2. The summed E-state index contributed by atoms with van der Waals surface area (Å²) < 4.78 is 5.34. The quantitative estimate of drug-likeness (QED) is 0.762. The van der Waals surface area contributed by atoms with Gasteiger partial charge in [0, 0.05) is 32.6 Å². The Bertz CT molecular complexity index is 400. The first-order valence-corrected chi connectivity index (χ1v) is 5.54. The smallest absolute Gasteiger partial charge is 0.291 e. The molecule has 1 aromatic rings. The summed E-state index contributed by atoms with van der Waals surface area (Å²) in [4.78, 5) is 18.1. The molecule has 1 N–H and O–H groups in total. The molecule has 0 unspecified atom stereocenters. The van der Waals surface area contributed by atoms with Crippen LogP contribution in [0.1, 0.15) is 29.1 Å². The predicted molar refractivity (Wildman–Crippen MR) is 59.3 cm³/mol. The first-order valence-electron chi connectivity index (χ1n) is 5.54. The molecule has 1 aliphatic heterocycles. The third-order valence-electron chi connectivity index (χ3n) is 2.75. The molecule has 0 aromatic carbocycles. The highest BCUT2D eigenvalue weighted by Gasteiger charge is 2.25. The van der Waals surface area contributed by atoms with Gasteiger partial charge >= 0.3 is 0 Å². The van der Waals surface area contributed by atoms with Crippen LogP contribution in [0.15, 0.2) is 4.42 Å². The predicted octanol–water partition coefficient (Wildman–Crippen LogP) is 0.725. The molecular weight excluding hydrogens is 206 g/mol. The van der Waals surface area contributed by atoms with Gasteiger partial charge in [0.15, 0.2) is 5.89 Å². The van der Waals surface area contributed by atoms with E-state index in [2.05, 4.69) is 17.2 Å². The number of oxazole rings is 1. The molecule has 2 rings (SSSR count). The standard InChI is InChI=1S/C11H17N3O2/c1-7-6-14(5-4-12-7)11(15)10-8(2)13-9(3)16-10/h7,12H,4-6H2,1-3H3/t7-/m1/s1. The fourth-order valence-electron chi connectivity index (χ4n) is 1.99. The van der Waals surface area contributed by atoms with Crippen LogP contribution < -0.4 is 5.32 Å². The van der Waals surface area contributed by atoms with E-state index in [1.54, 1.807) is 13.8 Å². The average molecular weight is 223 g/mol. The number of aromatic nitrogens is 1. The van der Waals surface area contributed by atoms with Crippen LogP contribution in [0.3, 0.4) is 0 Å². The van der Waals surface area contributed by atoms with Gasteiger partial charge in [0.05, 0.1) is 5.69 Å². The molecule has 5 nitrogen and oxygen atoms in total. The van der Waals surface area contributed by atoms with Crippen molar-refractivity contribution < 1.29 is 9.21 Å². The van der Waals surface area contributed by atoms with Crippen molar-refractivity contribution in [2.75, 3.05) is 19.6 Å². The second kappa shape index (κ2) is 4.25. The number of amides is 1. The van der Waals surface area contributed by atoms with Crippen molar-refractivity contribution in [3.8, 4) is 0 Å². The lowest BCUT2D eigenvalue weighted by Gasteiger charge is -2.31. The van der Waals surface area contributed by atoms with E-state index in [0.717, 1.165) is 19.6 Å². The Morgan fingerprint density at radius 2 is 2.31 bits per heavy atom. The van der Waals surface area contributed by atoms with E-state index in [1.807, 2.05) is 4.90 Å². The summed E-state index contributed by atoms with van der Waals surface area (Å²) in [7, 11) is 0. The number of hydrogen-bond donors (Lipinski definition) is 1. The van der Waals surface area contributed by atoms with Crippen LogP contribution in [0.4, 0.5) is 0 Å². The Labute approximate surface area is 94.8 Å². The minimum Gasteiger partial charge on any atom is -0.436 e. The Morgan fingerprint density at radius 1 is 1.56 bits per heavy atom. The van der Waals surface area contributed by atoms with Gasteiger partial charge in [-0.1, -0.05) is 0 Å². The van der Waals surface area contributed by atoms with Gasteiger partial charge in [0.1, 0.15) is 0 Å². The van der Waals surface area contributed by atoms with E-state index in [-0.39, 0.29) is 5.91 Å². The molecule has 0 radical (unpaired) electrons. The van der Waals surface area contributed by atoms with Gasteiger partial charge in [-0.25, -0.2) is 4.98 Å². The number of hydrogen-bond acceptors (Lipinski definition) is 4. The van der Waals surface area contributed by atoms with Crippen molar-refractivity contribution in [1.29, 1.82) is 0 Å². The van der Waals surface area contributed by atoms with Crippen molar-refractivity contribution in [2.45, 2.75) is 26.8 Å². The van der Waals surface area contributed by atoms with Crippen molar-refractivity contribution in [3.05, 3.63) is 17.3 Å². The molecule has 88 valence electrons. The first kappa shape index (κ1) is 11.1. The molecule has 0 saturated carbocycles. The molecule has 1 saturated heterocycles. The summed E-state index contributed by atoms with van der Waals surface area (Å²) in [5.41, 5.74) is 0.675. The Morgan fingerprint density at radius 3 is 2.88 bits per heavy atom. The van der Waals surface area contributed by atoms with Gasteiger partial charge in [-0.2, -0.15) is 0 Å². The van der Waals surface area contributed by atoms with Crippen LogP contribution >= 0.6 is 0 Å². The Hall–Kier alpha value is -1.36. The number of carbonyl (C=O) groups excluding carboxylic acids is 1. The summed E-state index contributed by atoms with van der Waals surface area (Å²) in [5.74, 6) is 0.877. The van der Waals surface area contributed by atoms with Gasteiger partial charge in [-0.05, 0) is 13.8 Å². The van der Waals surface area contributed by atoms with E-state index in [1.165, 1.54) is 0 Å². The van der Waals surface area contributed by atoms with Crippen molar-refractivity contribution in [2.24, 2.45) is 0 Å². The van der Waals surface area contributed by atoms with Gasteiger partial charge in [-0.15, -0.1) is 0 Å². The molecule has 1 atom stereocenters. The second-order valence-corrected chi connectivity index (χ2v) is 4.25. The highest BCUT2D eigenvalue weighted by molar-refractivity contribution is 5.92. The highest BCUT2D eigenvalue weighted by atomic mass is 16.4. The summed E-state index contributed by atoms with van der Waals surface area (Å²) in [5, 5.41) is 3.30. The summed E-state index contributed by atoms with van der Waals surface area (Å²) in [6.07, 6.45) is 0. The zero-order valence-electron chi connectivity index (χ0n) is 9.91. The molecular formula is C11H17N3O2. The van der Waals surface area contributed by atoms with Gasteiger partial charge in [-0.3, -0.25) is 4.79 Å². The lowest BCUT2D eigenvalue weighted by atomic mass is 10.2. The number of rotatable bonds is 1. The fraction of sp³-hybridized carbons (Fsp3) is 0.636. The monoisotopic (exact) mass is 223 g/mol. The Kier molecular flexibility index (Phi) is 2.96. The maximum Gasteiger partial charge on any atom is 0.291 e. The zero-order valence-corrected chi connectivity index (χ0v) is 9.91. The van der Waals surface area contributed by atoms with Crippen molar-refractivity contribution in [1.82, 2.24) is 15.2 Å². The molecule has 1 aromatic heterocycles. The molecule has 0 aliphatic carbocycles. The summed E-state index contributed by atoms with van der Waals surface area (Å²) in [6, 6.07) is 0.335. The molecule has 0 spiro atoms. The van der Waals surface area contributed by atoms with Gasteiger partial charge in [0.25, 0.3) is 5.91 Å². The third kappa shape index (κ3) is 2.09. The molecule has 2 heterocycles. The van der Waals surface area contributed by atoms with Crippen LogP contribution in [0.2, 0.25) is 0 Å². The SMILES string of the molecule is Cc1nc(C)c(C(=O)N2CCN[C@H](C)C2)o1. The second-order valence-electron chi connectivity index (χ2n) is 4.25. The zero-order chi connectivity index (χ0) is 11.7. The maximum absolute atomic E-state index is 12.1. The lowest BCUT2D eigenvalue weighted by Crippen LogP contribution is -2.51. The first-order chi connectivity index (χ1) is 7.58. The number of nitrogens with zero attached hydrogens (tertiary/aromatic N) is 2. The minimum absolute atomic E-state index is 0.0496. The number of piperazine rings is 1. The largest absolute Gasteiger partial charge is 0.436 e. The van der Waals surface area contributed by atoms with Gasteiger partial charge < -0.3 is 14.6 Å². The lowest BCUT2D eigenvalue weighted by molar-refractivity contribution is 0.0674. The van der Waals surface area contributed by atoms with E-state index < -0.39 is 0 Å². The van der Waals surface area contributed by atoms with Crippen LogP contribution in [0.5, 0.6) is 0 Å². The van der Waals surface area contributed by atoms with Crippen molar-refractivity contribution in [3.63, 3.8) is 0 Å². The maximum atomic E-state index is 12.1. The number of aryl methyl sites for hydroxylation is 2. The summed E-state index contributed by atoms with van der Waals surface area (Å²) in [6.45, 7) is 7.90. The fourth-order valence-corrected chi connectivity index (χ4v) is 1.99. The molecule has 5 heteroatoms. The number of nitrogens with one attached hydrogen (secondary N) is 1. The van der Waals surface area contributed by atoms with E-state index in [4.69, 9.17) is 4.42 Å². The third-order valence-corrected chi connectivity index (χ3v) is 2.75. The van der Waals surface area contributed by atoms with E-state index in [9.17, 15) is 4.79 Å². The van der Waals surface area contributed by atoms with Crippen LogP contribution in [0.25, 0.3) is 0 Å². The molecule has 0 bridgehead atoms. The number of carbonyl (C=O) groups is 1. The van der Waals surface area contributed by atoms with Crippen molar-refractivity contribution >= 4 is 5.91 Å². The van der Waals surface area contributed by atoms with Gasteiger partial charge in [0.2, 0.25) is 5.76 Å². The molecule has 1 aliphatic rings. The molecule has 1 amide bonds. The molecule has 16 heavy (non-hydrogen) atoms. The topological polar surface area (TPSA) is 58.4 Å². The van der Waals surface area contributed by atoms with Crippen LogP contribution in [-0.2, 0) is 0 Å². The Balaban J connectivity index is 2.15. The van der Waals surface area contributed by atoms with E-state index >= 15 is 0 Å². The minimum atomic E-state index is -0.0496. The van der Waals surface area contributed by atoms with Crippen LogP contribution in [0, 0.1) is 13.8 Å². The highest BCUT2D eigenvalue weighted by Crippen LogP contribution is 2.13. The summed E-state index contributed by atoms with van der Waals surface area (Å²) >= 11 is 0. The molecule has 1 fully saturated rings. The van der Waals surface area contributed by atoms with E-state index in [0.29, 0.717) is 23.4 Å². The van der Waals surface area contributed by atoms with Crippen LogP contribution in [-0.4, -0.2) is 41.5 Å².